The molecule has 99 heavy (non-hydrogen) atoms. The number of halogens is 3. The summed E-state index contributed by atoms with van der Waals surface area (Å²) in [5, 5.41) is 101. The molecule has 0 amide bonds. The molecule has 12 rings (SSSR count). The molecular weight excluding hydrogens is 1440 g/mol. The minimum atomic E-state index is -1.47. The Bertz CT molecular complexity index is 5030. The Labute approximate surface area is 596 Å². The number of nitrogens with two attached hydrogens (primary N) is 4. The number of phenols is 2. The first-order valence-corrected chi connectivity index (χ1v) is 33.1. The van der Waals surface area contributed by atoms with E-state index in [0.29, 0.717) is 99.0 Å². The molecule has 21 nitrogen and oxygen atoms in total. The van der Waals surface area contributed by atoms with Crippen LogP contribution in [-0.4, -0.2) is 64.7 Å². The van der Waals surface area contributed by atoms with Gasteiger partial charge in [0.05, 0.1) is 23.7 Å². The zero-order valence-corrected chi connectivity index (χ0v) is 58.6. The highest BCUT2D eigenvalue weighted by Crippen LogP contribution is 2.37. The fourth-order valence-corrected chi connectivity index (χ4v) is 11.1. The number of anilines is 3. The fourth-order valence-electron chi connectivity index (χ4n) is 10.1. The van der Waals surface area contributed by atoms with Gasteiger partial charge in [0, 0.05) is 81.3 Å². The lowest BCUT2D eigenvalue weighted by atomic mass is 9.76. The van der Waals surface area contributed by atoms with Crippen LogP contribution in [-0.2, 0) is 19.4 Å². The summed E-state index contributed by atoms with van der Waals surface area (Å²) in [6.07, 6.45) is 7.73. The molecule has 3 aromatic heterocycles. The molecule has 0 radical (unpaired) electrons. The molecule has 0 saturated heterocycles. The fraction of sp³-hybridized carbons (Fsp3) is 0.108. The third-order valence-corrected chi connectivity index (χ3v) is 17.1. The van der Waals surface area contributed by atoms with Crippen molar-refractivity contribution in [2.45, 2.75) is 53.1 Å². The average Bonchev–Trinajstić information content (AvgIpc) is 0.816. The SMILES string of the molecule is Cc1cc(CCC(=N)c2ccc(N=Nc3c(N)ncc4ccc(Br)cc34)cc2)ccc1B(O)O.Cc1cc(CCC(=N)c2ccc(N=Nc3c(N)ncc4ccc(Br)cc34)cc2)ccc1O.Cc1cc(CO)ccc1O.N=C(N)c1ccc(N=Nc2c(N)ncc3ccc(Br)cc23)cc1. The molecule has 9 aromatic carbocycles. The van der Waals surface area contributed by atoms with Crippen molar-refractivity contribution < 1.29 is 25.4 Å². The second-order valence-corrected chi connectivity index (χ2v) is 25.5. The average molecular weight is 1510 g/mol. The van der Waals surface area contributed by atoms with E-state index in [9.17, 15) is 15.2 Å². The molecule has 498 valence electrons. The summed E-state index contributed by atoms with van der Waals surface area (Å²) in [7, 11) is -1.47. The van der Waals surface area contributed by atoms with E-state index in [1.165, 1.54) is 0 Å². The third kappa shape index (κ3) is 19.7. The number of amidine groups is 1. The van der Waals surface area contributed by atoms with Gasteiger partial charge in [-0.15, -0.1) is 15.3 Å². The van der Waals surface area contributed by atoms with Gasteiger partial charge in [0.1, 0.15) is 34.4 Å². The highest BCUT2D eigenvalue weighted by molar-refractivity contribution is 9.11. The van der Waals surface area contributed by atoms with Gasteiger partial charge in [0.2, 0.25) is 0 Å². The van der Waals surface area contributed by atoms with E-state index in [2.05, 4.69) is 93.4 Å². The topological polar surface area (TPSA) is 390 Å². The number of nitrogens with zero attached hydrogens (tertiary/aromatic N) is 9. The van der Waals surface area contributed by atoms with E-state index >= 15 is 0 Å². The van der Waals surface area contributed by atoms with Gasteiger partial charge in [-0.25, -0.2) is 15.0 Å². The lowest BCUT2D eigenvalue weighted by molar-refractivity contribution is 0.281. The standard InChI is InChI=1S/C25H23BBrN5O2.C25H22BrN5O.C16H13BrN6.C8H10O2/c1-15-12-16(2-10-22(15)26(33)34)3-11-23(28)17-5-8-20(9-6-17)31-32-24-21-13-19(27)7-4-18(21)14-30-25(24)29;1-15-12-16(3-11-23(15)32)2-10-22(27)17-5-8-20(9-6-17)30-31-24-21-13-19(26)7-4-18(21)14-29-25(24)28;17-11-4-1-10-8-21-16(20)14(13(10)7-11)23-22-12-5-2-9(3-6-12)15(18)19;1-6-4-7(5-9)2-3-8(6)10/h2,4-10,12-14,28,33-34H,3,11H2,1H3,(H2,29,30);3-9,11-14,27,32H,2,10H2,1H3,(H2,28,29);1-8H,(H3,18,19)(H2,20,21);2-4,9-10H,5H2,1H3. The number of nitrogen functional groups attached to an aromatic ring is 4. The van der Waals surface area contributed by atoms with Crippen molar-refractivity contribution >= 4 is 162 Å². The van der Waals surface area contributed by atoms with E-state index in [-0.39, 0.29) is 18.2 Å². The maximum atomic E-state index is 9.65. The Kier molecular flexibility index (Phi) is 24.8. The minimum absolute atomic E-state index is 0.0147. The number of hydrogen-bond donors (Lipinski definition) is 12. The van der Waals surface area contributed by atoms with Crippen molar-refractivity contribution in [1.82, 2.24) is 15.0 Å². The van der Waals surface area contributed by atoms with E-state index in [0.717, 1.165) is 96.7 Å². The number of aryl methyl sites for hydroxylation is 5. The molecule has 0 aliphatic heterocycles. The summed E-state index contributed by atoms with van der Waals surface area (Å²) in [6, 6.07) is 55.2. The smallest absolute Gasteiger partial charge is 0.488 e. The van der Waals surface area contributed by atoms with Gasteiger partial charge in [0.25, 0.3) is 0 Å². The normalized spacial score (nSPS) is 11.1. The zero-order valence-electron chi connectivity index (χ0n) is 53.9. The first kappa shape index (κ1) is 72.5. The summed E-state index contributed by atoms with van der Waals surface area (Å²) < 4.78 is 2.78. The van der Waals surface area contributed by atoms with Crippen LogP contribution in [0.4, 0.5) is 51.6 Å². The second-order valence-electron chi connectivity index (χ2n) is 22.7. The quantitative estimate of drug-likeness (QED) is 0.0175. The van der Waals surface area contributed by atoms with Gasteiger partial charge in [-0.1, -0.05) is 138 Å². The van der Waals surface area contributed by atoms with Gasteiger partial charge < -0.3 is 59.1 Å². The number of aromatic hydroxyl groups is 2. The van der Waals surface area contributed by atoms with Crippen LogP contribution in [0, 0.1) is 37.0 Å². The largest absolute Gasteiger partial charge is 0.508 e. The molecular formula is C74H68BBr3N16O5. The summed E-state index contributed by atoms with van der Waals surface area (Å²) in [6.45, 7) is 5.55. The summed E-state index contributed by atoms with van der Waals surface area (Å²) in [4.78, 5) is 12.6. The number of azo groups is 3. The predicted octanol–water partition coefficient (Wildman–Crippen LogP) is 17.5. The van der Waals surface area contributed by atoms with E-state index < -0.39 is 7.12 Å². The zero-order chi connectivity index (χ0) is 70.9. The number of benzene rings is 9. The first-order valence-electron chi connectivity index (χ1n) is 30.7. The van der Waals surface area contributed by atoms with Crippen LogP contribution in [0.1, 0.15) is 62.9 Å². The highest BCUT2D eigenvalue weighted by atomic mass is 79.9. The number of aliphatic hydroxyl groups excluding tert-OH is 1. The molecule has 12 aromatic rings. The van der Waals surface area contributed by atoms with E-state index in [4.69, 9.17) is 49.4 Å². The third-order valence-electron chi connectivity index (χ3n) is 15.6. The molecule has 0 saturated carbocycles. The number of pyridine rings is 3. The summed E-state index contributed by atoms with van der Waals surface area (Å²) >= 11 is 10.4. The molecule has 25 heteroatoms. The van der Waals surface area contributed by atoms with Gasteiger partial charge in [-0.2, -0.15) is 15.3 Å². The lowest BCUT2D eigenvalue weighted by Gasteiger charge is -2.09. The molecule has 0 atom stereocenters. The maximum absolute atomic E-state index is 9.65. The van der Waals surface area contributed by atoms with Crippen LogP contribution < -0.4 is 28.4 Å². The molecule has 0 bridgehead atoms. The monoisotopic (exact) mass is 1510 g/mol. The first-order chi connectivity index (χ1) is 47.5. The van der Waals surface area contributed by atoms with Crippen LogP contribution >= 0.6 is 47.8 Å². The van der Waals surface area contributed by atoms with Crippen molar-refractivity contribution in [3.63, 3.8) is 0 Å². The Morgan fingerprint density at radius 1 is 0.424 bits per heavy atom. The second kappa shape index (κ2) is 33.9. The van der Waals surface area contributed by atoms with Crippen molar-refractivity contribution in [1.29, 1.82) is 16.2 Å². The lowest BCUT2D eigenvalue weighted by Crippen LogP contribution is -2.32. The van der Waals surface area contributed by atoms with Gasteiger partial charge in [0.15, 0.2) is 17.5 Å². The number of fused-ring (bicyclic) bond motifs is 3. The van der Waals surface area contributed by atoms with Crippen LogP contribution in [0.3, 0.4) is 0 Å². The van der Waals surface area contributed by atoms with Gasteiger partial charge in [-0.3, -0.25) is 5.41 Å². The van der Waals surface area contributed by atoms with Crippen LogP contribution in [0.5, 0.6) is 11.5 Å². The number of aliphatic hydroxyl groups is 1. The van der Waals surface area contributed by atoms with Gasteiger partial charge in [-0.05, 0) is 188 Å². The Morgan fingerprint density at radius 3 is 1.09 bits per heavy atom. The molecule has 0 unspecified atom stereocenters. The molecule has 0 aliphatic carbocycles. The minimum Gasteiger partial charge on any atom is -0.508 e. The number of phenolic OH excluding ortho intramolecular Hbond substituents is 2. The molecule has 0 spiro atoms. The van der Waals surface area contributed by atoms with Crippen molar-refractivity contribution in [3.05, 3.63) is 264 Å². The number of hydrogen-bond acceptors (Lipinski definition) is 20. The molecule has 0 aliphatic rings. The number of rotatable bonds is 17. The van der Waals surface area contributed by atoms with Crippen LogP contribution in [0.2, 0.25) is 0 Å². The molecule has 3 heterocycles. The van der Waals surface area contributed by atoms with E-state index in [1.54, 1.807) is 80.1 Å². The van der Waals surface area contributed by atoms with Crippen molar-refractivity contribution in [3.8, 4) is 11.5 Å². The number of aromatic nitrogens is 3. The molecule has 0 fully saturated rings. The number of nitrogens with one attached hydrogen (secondary N) is 3. The van der Waals surface area contributed by atoms with E-state index in [1.807, 2.05) is 141 Å². The summed E-state index contributed by atoms with van der Waals surface area (Å²) in [5.74, 6) is 1.53. The van der Waals surface area contributed by atoms with Crippen molar-refractivity contribution in [2.24, 2.45) is 36.4 Å². The Hall–Kier alpha value is -10.8. The molecule has 16 N–H and O–H groups in total. The van der Waals surface area contributed by atoms with Gasteiger partial charge >= 0.3 is 7.12 Å². The maximum Gasteiger partial charge on any atom is 0.488 e. The van der Waals surface area contributed by atoms with Crippen LogP contribution in [0.15, 0.2) is 245 Å². The van der Waals surface area contributed by atoms with Crippen LogP contribution in [0.25, 0.3) is 32.3 Å². The van der Waals surface area contributed by atoms with Crippen molar-refractivity contribution in [2.75, 3.05) is 17.2 Å². The highest BCUT2D eigenvalue weighted by Gasteiger charge is 2.16. The Morgan fingerprint density at radius 2 is 0.758 bits per heavy atom. The predicted molar refractivity (Wildman–Crippen MR) is 407 cm³/mol. The Balaban J connectivity index is 0.000000164. The summed E-state index contributed by atoms with van der Waals surface area (Å²) in [5.41, 5.74) is 36.3.